The molecule has 0 unspecified atom stereocenters. The van der Waals surface area contributed by atoms with Gasteiger partial charge in [-0.15, -0.1) is 0 Å². The number of likely N-dealkylation sites (tertiary alicyclic amines) is 1. The van der Waals surface area contributed by atoms with Gasteiger partial charge in [0.05, 0.1) is 40.9 Å². The summed E-state index contributed by atoms with van der Waals surface area (Å²) in [5, 5.41) is 5.82. The average Bonchev–Trinajstić information content (AvgIpc) is 3.40. The van der Waals surface area contributed by atoms with Crippen LogP contribution in [0.15, 0.2) is 52.5 Å². The van der Waals surface area contributed by atoms with Gasteiger partial charge < -0.3 is 9.64 Å². The van der Waals surface area contributed by atoms with Crippen LogP contribution in [0, 0.1) is 0 Å². The maximum atomic E-state index is 13.5. The summed E-state index contributed by atoms with van der Waals surface area (Å²) in [7, 11) is 0. The highest BCUT2D eigenvalue weighted by Crippen LogP contribution is 2.36. The third-order valence-electron chi connectivity index (χ3n) is 7.37. The summed E-state index contributed by atoms with van der Waals surface area (Å²) < 4.78 is 48.0. The van der Waals surface area contributed by atoms with Crippen LogP contribution in [0.2, 0.25) is 5.02 Å². The van der Waals surface area contributed by atoms with Crippen molar-refractivity contribution >= 4 is 51.4 Å². The van der Waals surface area contributed by atoms with Crippen LogP contribution in [0.5, 0.6) is 0 Å². The van der Waals surface area contributed by atoms with Gasteiger partial charge in [-0.3, -0.25) is 14.4 Å². The molecule has 2 atom stereocenters. The molecule has 0 saturated carbocycles. The zero-order valence-electron chi connectivity index (χ0n) is 21.9. The minimum atomic E-state index is -4.52. The summed E-state index contributed by atoms with van der Waals surface area (Å²) in [6.07, 6.45) is -0.688. The summed E-state index contributed by atoms with van der Waals surface area (Å²) >= 11 is 7.18. The number of carbonyl (C=O) groups excluding carboxylic acids is 1. The van der Waals surface area contributed by atoms with Gasteiger partial charge in [-0.1, -0.05) is 23.7 Å². The molecule has 40 heavy (non-hydrogen) atoms. The number of alkyl halides is 3. The average molecular weight is 590 g/mol. The van der Waals surface area contributed by atoms with E-state index in [1.165, 1.54) is 28.6 Å². The molecule has 2 saturated heterocycles. The Bertz CT molecular complexity index is 1520. The van der Waals surface area contributed by atoms with Gasteiger partial charge in [0.1, 0.15) is 0 Å². The van der Waals surface area contributed by atoms with Gasteiger partial charge in [-0.05, 0) is 67.1 Å². The van der Waals surface area contributed by atoms with Crippen molar-refractivity contribution < 1.29 is 22.7 Å². The molecular formula is C28H27ClF3N5O2S. The topological polar surface area (TPSA) is 63.0 Å². The Labute approximate surface area is 238 Å². The second kappa shape index (κ2) is 10.5. The number of rotatable bonds is 4. The van der Waals surface area contributed by atoms with Crippen LogP contribution in [0.1, 0.15) is 30.5 Å². The number of hydrogen-bond acceptors (Lipinski definition) is 6. The molecule has 1 amide bonds. The zero-order chi connectivity index (χ0) is 28.2. The Morgan fingerprint density at radius 2 is 1.85 bits per heavy atom. The lowest BCUT2D eigenvalue weighted by Gasteiger charge is -2.49. The number of carbonyl (C=O) groups is 1. The van der Waals surface area contributed by atoms with Crippen molar-refractivity contribution in [1.29, 1.82) is 0 Å². The Kier molecular flexibility index (Phi) is 7.18. The van der Waals surface area contributed by atoms with Crippen molar-refractivity contribution in [2.24, 2.45) is 4.99 Å². The summed E-state index contributed by atoms with van der Waals surface area (Å²) in [5.41, 5.74) is 0.780. The van der Waals surface area contributed by atoms with E-state index in [4.69, 9.17) is 16.3 Å². The fourth-order valence-corrected chi connectivity index (χ4v) is 6.58. The standard InChI is InChI=1S/C28H27ClF3N5O2S/c1-16-11-35(12-17(2)39-16)22-14-36(15-22)27-34-26(38)25(40-27)8-18-3-6-24-20(7-18)10-33-37(24)13-19-4-5-21(29)9-23(19)28(30,31)32/h3-10,16-17,22H,11-15H2,1-2H3/t16-,17+. The minimum absolute atomic E-state index is 0.0286. The van der Waals surface area contributed by atoms with Crippen LogP contribution in [0.4, 0.5) is 13.2 Å². The van der Waals surface area contributed by atoms with Crippen LogP contribution in [-0.4, -0.2) is 75.1 Å². The first-order chi connectivity index (χ1) is 19.0. The van der Waals surface area contributed by atoms with Crippen molar-refractivity contribution in [2.75, 3.05) is 26.2 Å². The van der Waals surface area contributed by atoms with Gasteiger partial charge >= 0.3 is 6.18 Å². The van der Waals surface area contributed by atoms with E-state index in [9.17, 15) is 18.0 Å². The number of amides is 1. The molecule has 0 radical (unpaired) electrons. The highest BCUT2D eigenvalue weighted by molar-refractivity contribution is 8.18. The molecule has 210 valence electrons. The van der Waals surface area contributed by atoms with Crippen LogP contribution in [0.3, 0.4) is 0 Å². The summed E-state index contributed by atoms with van der Waals surface area (Å²) in [5.74, 6) is -0.268. The molecule has 0 N–H and O–H groups in total. The number of aromatic nitrogens is 2. The van der Waals surface area contributed by atoms with Crippen molar-refractivity contribution in [1.82, 2.24) is 19.6 Å². The molecule has 7 nitrogen and oxygen atoms in total. The molecule has 4 heterocycles. The molecule has 12 heteroatoms. The second-order valence-corrected chi connectivity index (χ2v) is 11.9. The lowest BCUT2D eigenvalue weighted by Crippen LogP contribution is -2.64. The van der Waals surface area contributed by atoms with Gasteiger partial charge in [0.2, 0.25) is 0 Å². The monoisotopic (exact) mass is 589 g/mol. The number of aliphatic imine (C=N–C) groups is 1. The van der Waals surface area contributed by atoms with Crippen molar-refractivity contribution in [3.8, 4) is 0 Å². The van der Waals surface area contributed by atoms with Gasteiger partial charge in [-0.2, -0.15) is 23.3 Å². The number of benzene rings is 2. The smallest absolute Gasteiger partial charge is 0.373 e. The van der Waals surface area contributed by atoms with Crippen molar-refractivity contribution in [3.05, 3.63) is 69.2 Å². The predicted molar refractivity (Wildman–Crippen MR) is 150 cm³/mol. The van der Waals surface area contributed by atoms with E-state index < -0.39 is 11.7 Å². The van der Waals surface area contributed by atoms with Gasteiger partial charge in [-0.25, -0.2) is 0 Å². The predicted octanol–water partition coefficient (Wildman–Crippen LogP) is 5.52. The van der Waals surface area contributed by atoms with Gasteiger partial charge in [0, 0.05) is 42.6 Å². The zero-order valence-corrected chi connectivity index (χ0v) is 23.4. The molecular weight excluding hydrogens is 563 g/mol. The summed E-state index contributed by atoms with van der Waals surface area (Å²) in [6.45, 7) is 7.63. The SMILES string of the molecule is C[C@@H]1CN(C2CN(C3=NC(=O)C(=Cc4ccc5c(cnn5Cc5ccc(Cl)cc5C(F)(F)F)c4)S3)C2)C[C@H](C)O1. The Morgan fingerprint density at radius 3 is 2.58 bits per heavy atom. The lowest BCUT2D eigenvalue weighted by molar-refractivity contribution is -0.138. The highest BCUT2D eigenvalue weighted by Gasteiger charge is 2.39. The number of fused-ring (bicyclic) bond motifs is 1. The van der Waals surface area contributed by atoms with E-state index in [1.807, 2.05) is 12.1 Å². The molecule has 2 aromatic carbocycles. The number of amidine groups is 1. The molecule has 0 aliphatic carbocycles. The second-order valence-electron chi connectivity index (χ2n) is 10.5. The molecule has 6 rings (SSSR count). The van der Waals surface area contributed by atoms with E-state index in [0.29, 0.717) is 16.5 Å². The van der Waals surface area contributed by atoms with Crippen molar-refractivity contribution in [2.45, 2.75) is 44.8 Å². The van der Waals surface area contributed by atoms with Crippen molar-refractivity contribution in [3.63, 3.8) is 0 Å². The number of nitrogens with zero attached hydrogens (tertiary/aromatic N) is 5. The van der Waals surface area contributed by atoms with E-state index in [-0.39, 0.29) is 35.2 Å². The molecule has 3 aromatic rings. The van der Waals surface area contributed by atoms with E-state index in [1.54, 1.807) is 18.3 Å². The Balaban J connectivity index is 1.13. The third-order valence-corrected chi connectivity index (χ3v) is 8.65. The van der Waals surface area contributed by atoms with Crippen LogP contribution >= 0.6 is 23.4 Å². The van der Waals surface area contributed by atoms with Crippen LogP contribution in [0.25, 0.3) is 17.0 Å². The molecule has 1 aromatic heterocycles. The molecule has 3 aliphatic heterocycles. The highest BCUT2D eigenvalue weighted by atomic mass is 35.5. The first kappa shape index (κ1) is 27.3. The van der Waals surface area contributed by atoms with E-state index in [0.717, 1.165) is 48.4 Å². The molecule has 0 spiro atoms. The van der Waals surface area contributed by atoms with E-state index >= 15 is 0 Å². The quantitative estimate of drug-likeness (QED) is 0.374. The number of halogens is 4. The fraction of sp³-hybridized carbons (Fsp3) is 0.393. The lowest BCUT2D eigenvalue weighted by atomic mass is 10.1. The molecule has 0 bridgehead atoms. The normalized spacial score (nSPS) is 23.8. The first-order valence-corrected chi connectivity index (χ1v) is 14.2. The van der Waals surface area contributed by atoms with Crippen LogP contribution < -0.4 is 0 Å². The fourth-order valence-electron chi connectivity index (χ4n) is 5.48. The van der Waals surface area contributed by atoms with Gasteiger partial charge in [0.15, 0.2) is 5.17 Å². The number of thioether (sulfide) groups is 1. The maximum absolute atomic E-state index is 13.5. The number of morpholine rings is 1. The van der Waals surface area contributed by atoms with E-state index in [2.05, 4.69) is 33.7 Å². The Morgan fingerprint density at radius 1 is 1.10 bits per heavy atom. The summed E-state index contributed by atoms with van der Waals surface area (Å²) in [6, 6.07) is 9.67. The minimum Gasteiger partial charge on any atom is -0.373 e. The molecule has 3 aliphatic rings. The maximum Gasteiger partial charge on any atom is 0.416 e. The summed E-state index contributed by atoms with van der Waals surface area (Å²) in [4.78, 5) is 22.1. The van der Waals surface area contributed by atoms with Crippen LogP contribution in [-0.2, 0) is 22.3 Å². The Hall–Kier alpha value is -2.86. The first-order valence-electron chi connectivity index (χ1n) is 13.0. The van der Waals surface area contributed by atoms with Gasteiger partial charge in [0.25, 0.3) is 5.91 Å². The molecule has 2 fully saturated rings. The third kappa shape index (κ3) is 5.52. The largest absolute Gasteiger partial charge is 0.416 e. The number of ether oxygens (including phenoxy) is 1. The number of hydrogen-bond donors (Lipinski definition) is 0.